The van der Waals surface area contributed by atoms with E-state index in [-0.39, 0.29) is 12.2 Å². The van der Waals surface area contributed by atoms with Gasteiger partial charge in [-0.1, -0.05) is 42.0 Å². The van der Waals surface area contributed by atoms with Gasteiger partial charge in [-0.25, -0.2) is 9.37 Å². The summed E-state index contributed by atoms with van der Waals surface area (Å²) in [6, 6.07) is 17.7. The largest absolute Gasteiger partial charge is 0.481 e. The molecule has 0 fully saturated rings. The number of rotatable bonds is 5. The first-order valence-corrected chi connectivity index (χ1v) is 9.93. The van der Waals surface area contributed by atoms with E-state index in [1.165, 1.54) is 12.1 Å². The molecule has 2 aromatic heterocycles. The molecule has 0 aliphatic rings. The summed E-state index contributed by atoms with van der Waals surface area (Å²) < 4.78 is 16.3. The van der Waals surface area contributed by atoms with Crippen LogP contribution in [-0.2, 0) is 4.79 Å². The zero-order valence-corrected chi connectivity index (χ0v) is 17.2. The second-order valence-electron chi connectivity index (χ2n) is 6.99. The molecule has 1 N–H and O–H groups in total. The summed E-state index contributed by atoms with van der Waals surface area (Å²) in [5.41, 5.74) is 4.96. The number of aliphatic carboxylic acids is 1. The third kappa shape index (κ3) is 3.93. The van der Waals surface area contributed by atoms with Gasteiger partial charge in [-0.05, 0) is 52.7 Å². The van der Waals surface area contributed by atoms with Crippen molar-refractivity contribution in [2.45, 2.75) is 19.3 Å². The number of nitrogens with zero attached hydrogens (tertiary/aromatic N) is 2. The number of hydrogen-bond donors (Lipinski definition) is 1. The lowest BCUT2D eigenvalue weighted by Crippen LogP contribution is -2.11. The molecule has 29 heavy (non-hydrogen) atoms. The van der Waals surface area contributed by atoms with Crippen LogP contribution < -0.4 is 0 Å². The van der Waals surface area contributed by atoms with Gasteiger partial charge in [-0.15, -0.1) is 0 Å². The highest BCUT2D eigenvalue weighted by molar-refractivity contribution is 9.10. The molecule has 0 bridgehead atoms. The Bertz CT molecular complexity index is 1180. The predicted molar refractivity (Wildman–Crippen MR) is 114 cm³/mol. The van der Waals surface area contributed by atoms with E-state index in [0.29, 0.717) is 0 Å². The van der Waals surface area contributed by atoms with E-state index in [1.807, 2.05) is 53.9 Å². The Morgan fingerprint density at radius 1 is 1.10 bits per heavy atom. The number of pyridine rings is 1. The van der Waals surface area contributed by atoms with Crippen molar-refractivity contribution in [3.05, 3.63) is 94.0 Å². The molecule has 146 valence electrons. The topological polar surface area (TPSA) is 54.6 Å². The summed E-state index contributed by atoms with van der Waals surface area (Å²) in [7, 11) is 0. The lowest BCUT2D eigenvalue weighted by atomic mass is 9.89. The van der Waals surface area contributed by atoms with Crippen LogP contribution in [0.2, 0.25) is 0 Å². The SMILES string of the molecule is Cc1ccc(-c2nc3ccc(Br)cn3c2C(CC(=O)O)c2ccc(F)cc2)cc1. The van der Waals surface area contributed by atoms with Gasteiger partial charge in [0.2, 0.25) is 0 Å². The first kappa shape index (κ1) is 19.3. The Morgan fingerprint density at radius 2 is 1.79 bits per heavy atom. The molecule has 0 radical (unpaired) electrons. The van der Waals surface area contributed by atoms with E-state index in [4.69, 9.17) is 4.98 Å². The average molecular weight is 453 g/mol. The molecule has 4 nitrogen and oxygen atoms in total. The minimum absolute atomic E-state index is 0.134. The lowest BCUT2D eigenvalue weighted by molar-refractivity contribution is -0.137. The van der Waals surface area contributed by atoms with Gasteiger partial charge in [-0.3, -0.25) is 4.79 Å². The Kier molecular flexibility index (Phi) is 5.20. The van der Waals surface area contributed by atoms with E-state index in [0.717, 1.165) is 38.2 Å². The number of carboxylic acids is 1. The van der Waals surface area contributed by atoms with Gasteiger partial charge in [0.25, 0.3) is 0 Å². The molecule has 0 spiro atoms. The molecule has 0 saturated carbocycles. The van der Waals surface area contributed by atoms with Gasteiger partial charge in [0.15, 0.2) is 0 Å². The minimum atomic E-state index is -0.931. The van der Waals surface area contributed by atoms with Crippen LogP contribution in [0.25, 0.3) is 16.9 Å². The summed E-state index contributed by atoms with van der Waals surface area (Å²) in [5.74, 6) is -1.78. The van der Waals surface area contributed by atoms with Crippen LogP contribution in [0.5, 0.6) is 0 Å². The Morgan fingerprint density at radius 3 is 2.45 bits per heavy atom. The van der Waals surface area contributed by atoms with Crippen molar-refractivity contribution >= 4 is 27.5 Å². The second kappa shape index (κ2) is 7.79. The molecular weight excluding hydrogens is 435 g/mol. The summed E-state index contributed by atoms with van der Waals surface area (Å²) in [6.07, 6.45) is 1.75. The van der Waals surface area contributed by atoms with E-state index in [9.17, 15) is 14.3 Å². The molecule has 2 heterocycles. The molecule has 1 atom stereocenters. The van der Waals surface area contributed by atoms with Gasteiger partial charge in [0, 0.05) is 22.2 Å². The van der Waals surface area contributed by atoms with Crippen LogP contribution in [0.1, 0.15) is 29.2 Å². The molecule has 4 aromatic rings. The van der Waals surface area contributed by atoms with Gasteiger partial charge >= 0.3 is 5.97 Å². The number of carbonyl (C=O) groups is 1. The molecule has 2 aromatic carbocycles. The maximum Gasteiger partial charge on any atom is 0.304 e. The summed E-state index contributed by atoms with van der Waals surface area (Å²) in [5, 5.41) is 9.61. The molecular formula is C23H18BrFN2O2. The summed E-state index contributed by atoms with van der Waals surface area (Å²) >= 11 is 3.49. The second-order valence-corrected chi connectivity index (χ2v) is 7.90. The highest BCUT2D eigenvalue weighted by atomic mass is 79.9. The smallest absolute Gasteiger partial charge is 0.304 e. The van der Waals surface area contributed by atoms with Crippen molar-refractivity contribution in [1.29, 1.82) is 0 Å². The van der Waals surface area contributed by atoms with Crippen molar-refractivity contribution in [2.75, 3.05) is 0 Å². The van der Waals surface area contributed by atoms with Crippen molar-refractivity contribution in [2.24, 2.45) is 0 Å². The van der Waals surface area contributed by atoms with Gasteiger partial charge in [0.05, 0.1) is 17.8 Å². The number of hydrogen-bond acceptors (Lipinski definition) is 2. The number of fused-ring (bicyclic) bond motifs is 1. The van der Waals surface area contributed by atoms with E-state index < -0.39 is 11.9 Å². The Labute approximate surface area is 175 Å². The molecule has 0 amide bonds. The van der Waals surface area contributed by atoms with Gasteiger partial charge < -0.3 is 9.51 Å². The maximum absolute atomic E-state index is 13.5. The number of halogens is 2. The first-order chi connectivity index (χ1) is 13.9. The first-order valence-electron chi connectivity index (χ1n) is 9.14. The molecule has 6 heteroatoms. The van der Waals surface area contributed by atoms with E-state index >= 15 is 0 Å². The fourth-order valence-corrected chi connectivity index (χ4v) is 3.87. The van der Waals surface area contributed by atoms with Crippen LogP contribution in [0.3, 0.4) is 0 Å². The number of aryl methyl sites for hydroxylation is 1. The molecule has 0 aliphatic heterocycles. The monoisotopic (exact) mass is 452 g/mol. The fourth-order valence-electron chi connectivity index (χ4n) is 3.54. The highest BCUT2D eigenvalue weighted by Gasteiger charge is 2.26. The zero-order chi connectivity index (χ0) is 20.5. The van der Waals surface area contributed by atoms with Gasteiger partial charge in [0.1, 0.15) is 11.5 Å². The van der Waals surface area contributed by atoms with Crippen molar-refractivity contribution < 1.29 is 14.3 Å². The van der Waals surface area contributed by atoms with E-state index in [1.54, 1.807) is 12.1 Å². The third-order valence-corrected chi connectivity index (χ3v) is 5.39. The van der Waals surface area contributed by atoms with Crippen LogP contribution in [0.15, 0.2) is 71.3 Å². The molecule has 0 aliphatic carbocycles. The Balaban J connectivity index is 2.00. The fraction of sp³-hybridized carbons (Fsp3) is 0.130. The predicted octanol–water partition coefficient (Wildman–Crippen LogP) is 5.82. The van der Waals surface area contributed by atoms with Crippen LogP contribution in [0.4, 0.5) is 4.39 Å². The van der Waals surface area contributed by atoms with Crippen molar-refractivity contribution in [3.8, 4) is 11.3 Å². The number of aromatic nitrogens is 2. The number of benzene rings is 2. The normalized spacial score (nSPS) is 12.2. The quantitative estimate of drug-likeness (QED) is 0.415. The average Bonchev–Trinajstić information content (AvgIpc) is 3.05. The zero-order valence-electron chi connectivity index (χ0n) is 15.6. The summed E-state index contributed by atoms with van der Waals surface area (Å²) in [4.78, 5) is 16.5. The third-order valence-electron chi connectivity index (χ3n) is 4.93. The van der Waals surface area contributed by atoms with Crippen molar-refractivity contribution in [1.82, 2.24) is 9.38 Å². The highest BCUT2D eigenvalue weighted by Crippen LogP contribution is 2.37. The standard InChI is InChI=1S/C23H18BrFN2O2/c1-14-2-4-16(5-3-14)22-23(27-13-17(24)8-11-20(27)26-22)19(12-21(28)29)15-6-9-18(25)10-7-15/h2-11,13,19H,12H2,1H3,(H,28,29). The minimum Gasteiger partial charge on any atom is -0.481 e. The Hall–Kier alpha value is -2.99. The van der Waals surface area contributed by atoms with E-state index in [2.05, 4.69) is 15.9 Å². The molecule has 4 rings (SSSR count). The van der Waals surface area contributed by atoms with Crippen LogP contribution >= 0.6 is 15.9 Å². The van der Waals surface area contributed by atoms with Crippen molar-refractivity contribution in [3.63, 3.8) is 0 Å². The lowest BCUT2D eigenvalue weighted by Gasteiger charge is -2.18. The summed E-state index contributed by atoms with van der Waals surface area (Å²) in [6.45, 7) is 2.01. The maximum atomic E-state index is 13.5. The van der Waals surface area contributed by atoms with Crippen LogP contribution in [0, 0.1) is 12.7 Å². The van der Waals surface area contributed by atoms with Crippen LogP contribution in [-0.4, -0.2) is 20.5 Å². The molecule has 0 saturated heterocycles. The number of carboxylic acid groups (broad SMARTS) is 1. The number of imidazole rings is 1. The molecule has 1 unspecified atom stereocenters. The van der Waals surface area contributed by atoms with Gasteiger partial charge in [-0.2, -0.15) is 0 Å².